The SMILES string of the molecule is COC(=O)CCCCCCC1C(CCCCCc2ccc(C(F)(F)F)cc2)[C@H](O)C[C@@H]1O. The molecule has 7 heteroatoms. The second-order valence-corrected chi connectivity index (χ2v) is 9.02. The molecule has 4 nitrogen and oxygen atoms in total. The fourth-order valence-corrected chi connectivity index (χ4v) is 4.83. The van der Waals surface area contributed by atoms with E-state index < -0.39 is 23.9 Å². The molecule has 1 saturated carbocycles. The molecule has 32 heavy (non-hydrogen) atoms. The molecule has 2 rings (SSSR count). The van der Waals surface area contributed by atoms with Crippen molar-refractivity contribution in [2.75, 3.05) is 7.11 Å². The van der Waals surface area contributed by atoms with E-state index in [0.717, 1.165) is 81.9 Å². The lowest BCUT2D eigenvalue weighted by atomic mass is 9.85. The van der Waals surface area contributed by atoms with Crippen LogP contribution in [0.3, 0.4) is 0 Å². The van der Waals surface area contributed by atoms with Crippen molar-refractivity contribution in [3.8, 4) is 0 Å². The first kappa shape index (κ1) is 26.7. The molecule has 4 atom stereocenters. The van der Waals surface area contributed by atoms with Crippen LogP contribution in [-0.4, -0.2) is 35.5 Å². The molecule has 0 radical (unpaired) electrons. The minimum atomic E-state index is -4.30. The monoisotopic (exact) mass is 458 g/mol. The summed E-state index contributed by atoms with van der Waals surface area (Å²) in [7, 11) is 1.39. The zero-order valence-corrected chi connectivity index (χ0v) is 18.9. The van der Waals surface area contributed by atoms with Crippen LogP contribution < -0.4 is 0 Å². The number of carbonyl (C=O) groups is 1. The molecule has 1 fully saturated rings. The third kappa shape index (κ3) is 8.74. The number of benzene rings is 1. The van der Waals surface area contributed by atoms with Gasteiger partial charge in [0.2, 0.25) is 0 Å². The quantitative estimate of drug-likeness (QED) is 0.295. The van der Waals surface area contributed by atoms with Gasteiger partial charge in [-0.05, 0) is 68.1 Å². The average molecular weight is 459 g/mol. The van der Waals surface area contributed by atoms with Gasteiger partial charge in [-0.1, -0.05) is 44.2 Å². The molecule has 1 aliphatic rings. The number of aliphatic hydroxyl groups excluding tert-OH is 2. The van der Waals surface area contributed by atoms with Crippen LogP contribution in [0, 0.1) is 11.8 Å². The molecule has 0 aromatic heterocycles. The van der Waals surface area contributed by atoms with E-state index >= 15 is 0 Å². The van der Waals surface area contributed by atoms with Gasteiger partial charge in [0, 0.05) is 6.42 Å². The number of ether oxygens (including phenoxy) is 1. The maximum atomic E-state index is 12.6. The van der Waals surface area contributed by atoms with Crippen molar-refractivity contribution in [1.82, 2.24) is 0 Å². The van der Waals surface area contributed by atoms with Crippen molar-refractivity contribution in [3.63, 3.8) is 0 Å². The van der Waals surface area contributed by atoms with Crippen LogP contribution in [0.5, 0.6) is 0 Å². The Labute approximate surface area is 189 Å². The number of carbonyl (C=O) groups excluding carboxylic acids is 1. The molecule has 1 aliphatic carbocycles. The highest BCUT2D eigenvalue weighted by Gasteiger charge is 2.40. The molecular weight excluding hydrogens is 421 g/mol. The molecule has 1 aromatic carbocycles. The lowest BCUT2D eigenvalue weighted by Crippen LogP contribution is -2.22. The van der Waals surface area contributed by atoms with Gasteiger partial charge in [0.15, 0.2) is 0 Å². The Morgan fingerprint density at radius 1 is 0.906 bits per heavy atom. The van der Waals surface area contributed by atoms with Gasteiger partial charge >= 0.3 is 12.1 Å². The zero-order chi connectivity index (χ0) is 23.6. The highest BCUT2D eigenvalue weighted by atomic mass is 19.4. The lowest BCUT2D eigenvalue weighted by Gasteiger charge is -2.23. The Balaban J connectivity index is 1.65. The molecule has 0 bridgehead atoms. The van der Waals surface area contributed by atoms with E-state index in [9.17, 15) is 28.2 Å². The van der Waals surface area contributed by atoms with Gasteiger partial charge in [-0.3, -0.25) is 4.79 Å². The number of aliphatic hydroxyl groups is 2. The number of aryl methyl sites for hydroxylation is 1. The number of alkyl halides is 3. The van der Waals surface area contributed by atoms with E-state index in [0.29, 0.717) is 12.8 Å². The predicted molar refractivity (Wildman–Crippen MR) is 117 cm³/mol. The Hall–Kier alpha value is -1.60. The van der Waals surface area contributed by atoms with E-state index in [1.54, 1.807) is 12.1 Å². The molecule has 0 aliphatic heterocycles. The van der Waals surface area contributed by atoms with Crippen molar-refractivity contribution in [2.45, 2.75) is 95.4 Å². The van der Waals surface area contributed by atoms with Crippen molar-refractivity contribution in [2.24, 2.45) is 11.8 Å². The first-order chi connectivity index (χ1) is 15.2. The summed E-state index contributed by atoms with van der Waals surface area (Å²) in [6.45, 7) is 0. The number of halogens is 3. The molecule has 2 N–H and O–H groups in total. The Kier molecular flexibility index (Phi) is 11.0. The molecule has 2 unspecified atom stereocenters. The Morgan fingerprint density at radius 3 is 1.97 bits per heavy atom. The number of rotatable bonds is 13. The Morgan fingerprint density at radius 2 is 1.44 bits per heavy atom. The summed E-state index contributed by atoms with van der Waals surface area (Å²) in [5, 5.41) is 20.7. The first-order valence-corrected chi connectivity index (χ1v) is 11.8. The summed E-state index contributed by atoms with van der Waals surface area (Å²) in [4.78, 5) is 11.1. The van der Waals surface area contributed by atoms with Gasteiger partial charge < -0.3 is 14.9 Å². The second kappa shape index (κ2) is 13.2. The van der Waals surface area contributed by atoms with Gasteiger partial charge in [-0.15, -0.1) is 0 Å². The summed E-state index contributed by atoms with van der Waals surface area (Å²) >= 11 is 0. The van der Waals surface area contributed by atoms with Crippen LogP contribution in [0.1, 0.15) is 81.8 Å². The van der Waals surface area contributed by atoms with Gasteiger partial charge in [-0.25, -0.2) is 0 Å². The van der Waals surface area contributed by atoms with Crippen molar-refractivity contribution in [1.29, 1.82) is 0 Å². The van der Waals surface area contributed by atoms with Crippen LogP contribution in [0.2, 0.25) is 0 Å². The van der Waals surface area contributed by atoms with E-state index in [2.05, 4.69) is 4.74 Å². The molecule has 1 aromatic rings. The number of esters is 1. The van der Waals surface area contributed by atoms with Crippen molar-refractivity contribution < 1.29 is 32.9 Å². The number of unbranched alkanes of at least 4 members (excludes halogenated alkanes) is 5. The second-order valence-electron chi connectivity index (χ2n) is 9.02. The maximum absolute atomic E-state index is 12.6. The molecule has 182 valence electrons. The molecule has 0 saturated heterocycles. The lowest BCUT2D eigenvalue weighted by molar-refractivity contribution is -0.140. The summed E-state index contributed by atoms with van der Waals surface area (Å²) < 4.78 is 42.5. The van der Waals surface area contributed by atoms with E-state index in [1.165, 1.54) is 7.11 Å². The summed E-state index contributed by atoms with van der Waals surface area (Å²) in [5.74, 6) is 0.0318. The van der Waals surface area contributed by atoms with E-state index in [1.807, 2.05) is 0 Å². The Bertz CT molecular complexity index is 675. The highest BCUT2D eigenvalue weighted by molar-refractivity contribution is 5.68. The van der Waals surface area contributed by atoms with E-state index in [4.69, 9.17) is 0 Å². The highest BCUT2D eigenvalue weighted by Crippen LogP contribution is 2.39. The maximum Gasteiger partial charge on any atom is 0.416 e. The number of hydrogen-bond donors (Lipinski definition) is 2. The average Bonchev–Trinajstić information content (AvgIpc) is 3.02. The standard InChI is InChI=1S/C25H37F3O4/c1-32-24(31)12-8-3-2-6-10-20-21(23(30)17-22(20)29)11-7-4-5-9-18-13-15-19(16-14-18)25(26,27)28/h13-16,20-23,29-30H,2-12,17H2,1H3/t20?,21?,22-,23+/m0/s1. The van der Waals surface area contributed by atoms with Gasteiger partial charge in [-0.2, -0.15) is 13.2 Å². The predicted octanol–water partition coefficient (Wildman–Crippen LogP) is 5.68. The topological polar surface area (TPSA) is 66.8 Å². The fraction of sp³-hybridized carbons (Fsp3) is 0.720. The third-order valence-electron chi connectivity index (χ3n) is 6.70. The third-order valence-corrected chi connectivity index (χ3v) is 6.70. The molecule has 0 heterocycles. The number of methoxy groups -OCH3 is 1. The van der Waals surface area contributed by atoms with E-state index in [-0.39, 0.29) is 17.8 Å². The molecule has 0 spiro atoms. The summed E-state index contributed by atoms with van der Waals surface area (Å²) in [6.07, 6.45) is 4.63. The fourth-order valence-electron chi connectivity index (χ4n) is 4.83. The molecule has 0 amide bonds. The van der Waals surface area contributed by atoms with Crippen LogP contribution in [-0.2, 0) is 22.1 Å². The smallest absolute Gasteiger partial charge is 0.416 e. The van der Waals surface area contributed by atoms with Crippen LogP contribution in [0.25, 0.3) is 0 Å². The summed E-state index contributed by atoms with van der Waals surface area (Å²) in [5.41, 5.74) is 0.281. The van der Waals surface area contributed by atoms with Crippen molar-refractivity contribution >= 4 is 5.97 Å². The van der Waals surface area contributed by atoms with Gasteiger partial charge in [0.05, 0.1) is 24.9 Å². The van der Waals surface area contributed by atoms with Crippen LogP contribution >= 0.6 is 0 Å². The minimum absolute atomic E-state index is 0.103. The minimum Gasteiger partial charge on any atom is -0.469 e. The zero-order valence-electron chi connectivity index (χ0n) is 18.9. The van der Waals surface area contributed by atoms with Gasteiger partial charge in [0.1, 0.15) is 0 Å². The van der Waals surface area contributed by atoms with Crippen molar-refractivity contribution in [3.05, 3.63) is 35.4 Å². The number of hydrogen-bond acceptors (Lipinski definition) is 4. The van der Waals surface area contributed by atoms with Crippen LogP contribution in [0.15, 0.2) is 24.3 Å². The first-order valence-electron chi connectivity index (χ1n) is 11.8. The molecular formula is C25H37F3O4. The normalized spacial score (nSPS) is 23.4. The largest absolute Gasteiger partial charge is 0.469 e. The van der Waals surface area contributed by atoms with Gasteiger partial charge in [0.25, 0.3) is 0 Å². The summed E-state index contributed by atoms with van der Waals surface area (Å²) in [6, 6.07) is 5.35. The van der Waals surface area contributed by atoms with Crippen LogP contribution in [0.4, 0.5) is 13.2 Å².